The number of rotatable bonds is 9. The highest BCUT2D eigenvalue weighted by molar-refractivity contribution is 5.91. The topological polar surface area (TPSA) is 35.5 Å². The van der Waals surface area contributed by atoms with Gasteiger partial charge in [-0.2, -0.15) is 0 Å². The zero-order valence-electron chi connectivity index (χ0n) is 15.5. The Morgan fingerprint density at radius 3 is 2.20 bits per heavy atom. The van der Waals surface area contributed by atoms with Crippen LogP contribution in [0.5, 0.6) is 11.5 Å². The van der Waals surface area contributed by atoms with Crippen LogP contribution in [0.4, 0.5) is 0 Å². The van der Waals surface area contributed by atoms with Crippen molar-refractivity contribution in [2.24, 2.45) is 0 Å². The summed E-state index contributed by atoms with van der Waals surface area (Å²) in [6, 6.07) is 12.8. The van der Waals surface area contributed by atoms with Gasteiger partial charge >= 0.3 is 5.97 Å². The van der Waals surface area contributed by atoms with Gasteiger partial charge in [0.25, 0.3) is 0 Å². The Morgan fingerprint density at radius 2 is 1.52 bits per heavy atom. The molecule has 2 aromatic carbocycles. The van der Waals surface area contributed by atoms with Crippen LogP contribution in [-0.4, -0.2) is 12.6 Å². The standard InChI is InChI=1S/C22H28O3/c1-4-5-6-7-8-15-24-20-13-10-19(11-14-20)22(23)25-21-12-9-17(2)18(3)16-21/h9-14,16H,4-8,15H2,1-3H3. The third-order valence-electron chi connectivity index (χ3n) is 4.30. The number of esters is 1. The highest BCUT2D eigenvalue weighted by atomic mass is 16.5. The highest BCUT2D eigenvalue weighted by Crippen LogP contribution is 2.19. The maximum absolute atomic E-state index is 12.2. The van der Waals surface area contributed by atoms with Crippen molar-refractivity contribution in [2.75, 3.05) is 6.61 Å². The maximum atomic E-state index is 12.2. The molecule has 134 valence electrons. The number of benzene rings is 2. The smallest absolute Gasteiger partial charge is 0.343 e. The third-order valence-corrected chi connectivity index (χ3v) is 4.30. The lowest BCUT2D eigenvalue weighted by Crippen LogP contribution is -2.08. The monoisotopic (exact) mass is 340 g/mol. The Labute approximate surface area is 151 Å². The summed E-state index contributed by atoms with van der Waals surface area (Å²) in [5.74, 6) is 1.01. The van der Waals surface area contributed by atoms with Gasteiger partial charge in [-0.25, -0.2) is 4.79 Å². The van der Waals surface area contributed by atoms with Crippen molar-refractivity contribution in [3.05, 3.63) is 59.2 Å². The summed E-state index contributed by atoms with van der Waals surface area (Å²) in [7, 11) is 0. The second-order valence-electron chi connectivity index (χ2n) is 6.42. The van der Waals surface area contributed by atoms with Crippen LogP contribution >= 0.6 is 0 Å². The van der Waals surface area contributed by atoms with E-state index in [4.69, 9.17) is 9.47 Å². The van der Waals surface area contributed by atoms with Crippen molar-refractivity contribution in [1.29, 1.82) is 0 Å². The molecule has 0 bridgehead atoms. The van der Waals surface area contributed by atoms with Crippen LogP contribution in [0, 0.1) is 13.8 Å². The molecule has 0 radical (unpaired) electrons. The van der Waals surface area contributed by atoms with Crippen molar-refractivity contribution >= 4 is 5.97 Å². The van der Waals surface area contributed by atoms with E-state index < -0.39 is 0 Å². The normalized spacial score (nSPS) is 10.5. The number of carbonyl (C=O) groups excluding carboxylic acids is 1. The molecule has 0 spiro atoms. The first-order valence-corrected chi connectivity index (χ1v) is 9.12. The lowest BCUT2D eigenvalue weighted by atomic mass is 10.1. The van der Waals surface area contributed by atoms with Gasteiger partial charge in [0, 0.05) is 0 Å². The van der Waals surface area contributed by atoms with E-state index in [0.717, 1.165) is 24.3 Å². The van der Waals surface area contributed by atoms with Crippen molar-refractivity contribution in [2.45, 2.75) is 52.9 Å². The summed E-state index contributed by atoms with van der Waals surface area (Å²) in [4.78, 5) is 12.2. The molecule has 25 heavy (non-hydrogen) atoms. The van der Waals surface area contributed by atoms with Crippen LogP contribution in [0.15, 0.2) is 42.5 Å². The molecular formula is C22H28O3. The van der Waals surface area contributed by atoms with Crippen LogP contribution in [-0.2, 0) is 0 Å². The summed E-state index contributed by atoms with van der Waals surface area (Å²) in [5, 5.41) is 0. The molecule has 0 aromatic heterocycles. The summed E-state index contributed by atoms with van der Waals surface area (Å²) < 4.78 is 11.1. The average Bonchev–Trinajstić information content (AvgIpc) is 2.61. The van der Waals surface area contributed by atoms with Gasteiger partial charge < -0.3 is 9.47 Å². The van der Waals surface area contributed by atoms with Crippen LogP contribution in [0.2, 0.25) is 0 Å². The van der Waals surface area contributed by atoms with Gasteiger partial charge in [0.1, 0.15) is 11.5 Å². The maximum Gasteiger partial charge on any atom is 0.343 e. The second-order valence-corrected chi connectivity index (χ2v) is 6.42. The van der Waals surface area contributed by atoms with Gasteiger partial charge in [0.2, 0.25) is 0 Å². The van der Waals surface area contributed by atoms with E-state index >= 15 is 0 Å². The van der Waals surface area contributed by atoms with E-state index in [9.17, 15) is 4.79 Å². The van der Waals surface area contributed by atoms with Crippen LogP contribution in [0.25, 0.3) is 0 Å². The van der Waals surface area contributed by atoms with Gasteiger partial charge in [-0.3, -0.25) is 0 Å². The van der Waals surface area contributed by atoms with E-state index in [2.05, 4.69) is 6.92 Å². The highest BCUT2D eigenvalue weighted by Gasteiger charge is 2.09. The minimum absolute atomic E-state index is 0.352. The largest absolute Gasteiger partial charge is 0.494 e. The molecule has 2 aromatic rings. The van der Waals surface area contributed by atoms with Crippen LogP contribution < -0.4 is 9.47 Å². The fourth-order valence-electron chi connectivity index (χ4n) is 2.53. The molecule has 0 amide bonds. The SMILES string of the molecule is CCCCCCCOc1ccc(C(=O)Oc2ccc(C)c(C)c2)cc1. The molecule has 0 aliphatic rings. The third kappa shape index (κ3) is 6.26. The molecule has 0 aliphatic heterocycles. The Morgan fingerprint density at radius 1 is 0.840 bits per heavy atom. The zero-order valence-corrected chi connectivity index (χ0v) is 15.5. The zero-order chi connectivity index (χ0) is 18.1. The number of hydrogen-bond donors (Lipinski definition) is 0. The van der Waals surface area contributed by atoms with Crippen molar-refractivity contribution in [3.63, 3.8) is 0 Å². The molecule has 0 atom stereocenters. The molecule has 2 rings (SSSR count). The lowest BCUT2D eigenvalue weighted by molar-refractivity contribution is 0.0734. The Hall–Kier alpha value is -2.29. The van der Waals surface area contributed by atoms with Crippen molar-refractivity contribution in [3.8, 4) is 11.5 Å². The van der Waals surface area contributed by atoms with E-state index in [1.165, 1.54) is 31.2 Å². The molecule has 3 heteroatoms. The van der Waals surface area contributed by atoms with Gasteiger partial charge in [-0.1, -0.05) is 38.7 Å². The molecule has 0 saturated carbocycles. The van der Waals surface area contributed by atoms with Crippen molar-refractivity contribution < 1.29 is 14.3 Å². The predicted molar refractivity (Wildman–Crippen MR) is 102 cm³/mol. The fraction of sp³-hybridized carbons (Fsp3) is 0.409. The fourth-order valence-corrected chi connectivity index (χ4v) is 2.53. The number of aryl methyl sites for hydroxylation is 2. The lowest BCUT2D eigenvalue weighted by Gasteiger charge is -2.08. The minimum atomic E-state index is -0.352. The second kappa shape index (κ2) is 9.87. The van der Waals surface area contributed by atoms with Gasteiger partial charge in [0.15, 0.2) is 0 Å². The van der Waals surface area contributed by atoms with E-state index in [1.54, 1.807) is 12.1 Å². The van der Waals surface area contributed by atoms with Crippen LogP contribution in [0.3, 0.4) is 0 Å². The molecule has 0 fully saturated rings. The summed E-state index contributed by atoms with van der Waals surface area (Å²) in [6.45, 7) is 6.96. The number of ether oxygens (including phenoxy) is 2. The summed E-state index contributed by atoms with van der Waals surface area (Å²) in [6.07, 6.45) is 6.08. The van der Waals surface area contributed by atoms with Gasteiger partial charge in [-0.05, 0) is 67.8 Å². The molecule has 0 N–H and O–H groups in total. The first-order valence-electron chi connectivity index (χ1n) is 9.12. The molecule has 3 nitrogen and oxygen atoms in total. The average molecular weight is 340 g/mol. The van der Waals surface area contributed by atoms with Crippen LogP contribution in [0.1, 0.15) is 60.5 Å². The molecule has 0 heterocycles. The molecular weight excluding hydrogens is 312 g/mol. The van der Waals surface area contributed by atoms with E-state index in [0.29, 0.717) is 11.3 Å². The number of unbranched alkanes of at least 4 members (excludes halogenated alkanes) is 4. The van der Waals surface area contributed by atoms with E-state index in [-0.39, 0.29) is 5.97 Å². The summed E-state index contributed by atoms with van der Waals surface area (Å²) >= 11 is 0. The number of hydrogen-bond acceptors (Lipinski definition) is 3. The Kier molecular flexibility index (Phi) is 7.52. The number of carbonyl (C=O) groups is 1. The quantitative estimate of drug-likeness (QED) is 0.325. The van der Waals surface area contributed by atoms with Crippen molar-refractivity contribution in [1.82, 2.24) is 0 Å². The minimum Gasteiger partial charge on any atom is -0.494 e. The molecule has 0 aliphatic carbocycles. The van der Waals surface area contributed by atoms with Gasteiger partial charge in [-0.15, -0.1) is 0 Å². The summed E-state index contributed by atoms with van der Waals surface area (Å²) in [5.41, 5.74) is 2.80. The predicted octanol–water partition coefficient (Wildman–Crippen LogP) is 5.87. The molecule has 0 unspecified atom stereocenters. The molecule has 0 saturated heterocycles. The van der Waals surface area contributed by atoms with E-state index in [1.807, 2.05) is 44.2 Å². The Balaban J connectivity index is 1.82. The van der Waals surface area contributed by atoms with Gasteiger partial charge in [0.05, 0.1) is 12.2 Å². The Bertz CT molecular complexity index is 674. The first kappa shape index (κ1) is 19.0. The first-order chi connectivity index (χ1) is 12.1.